The zero-order valence-corrected chi connectivity index (χ0v) is 25.3. The van der Waals surface area contributed by atoms with E-state index >= 15 is 0 Å². The maximum absolute atomic E-state index is 12.8. The number of nitrogens with zero attached hydrogens (tertiary/aromatic N) is 7. The molecule has 0 unspecified atom stereocenters. The van der Waals surface area contributed by atoms with Crippen molar-refractivity contribution in [3.8, 4) is 22.6 Å². The maximum atomic E-state index is 12.8. The molecule has 0 saturated carbocycles. The number of thioether (sulfide) groups is 1. The van der Waals surface area contributed by atoms with E-state index in [9.17, 15) is 4.79 Å². The molecule has 0 aliphatic carbocycles. The van der Waals surface area contributed by atoms with Crippen molar-refractivity contribution in [2.24, 2.45) is 0 Å². The van der Waals surface area contributed by atoms with Gasteiger partial charge in [-0.2, -0.15) is 0 Å². The number of aromatic nitrogens is 5. The average molecular weight is 604 g/mol. The lowest BCUT2D eigenvalue weighted by Crippen LogP contribution is -2.44. The van der Waals surface area contributed by atoms with Crippen molar-refractivity contribution in [3.05, 3.63) is 90.8 Å². The van der Waals surface area contributed by atoms with Gasteiger partial charge in [0.15, 0.2) is 5.16 Å². The molecule has 1 fully saturated rings. The van der Waals surface area contributed by atoms with Crippen LogP contribution in [0.2, 0.25) is 0 Å². The molecule has 0 radical (unpaired) electrons. The van der Waals surface area contributed by atoms with Gasteiger partial charge in [-0.3, -0.25) is 4.79 Å². The standard InChI is InChI=1S/C33H33N9OS/c1-40-14-16-41(17-15-40)28-11-10-26(22-35-28)37-32-34-13-12-27(38-32)31-30(39-33-42(31)18-19-44-33)24-8-5-9-25(21-24)36-29(43)20-23-6-3-2-4-7-23/h2-13,21-22H,14-20H2,1H3,(H,36,43)(H,34,37,38). The van der Waals surface area contributed by atoms with Crippen LogP contribution in [0, 0.1) is 0 Å². The van der Waals surface area contributed by atoms with Gasteiger partial charge in [0.05, 0.1) is 35.4 Å². The van der Waals surface area contributed by atoms with E-state index in [0.29, 0.717) is 12.4 Å². The molecule has 2 aliphatic rings. The van der Waals surface area contributed by atoms with Crippen LogP contribution in [0.5, 0.6) is 0 Å². The van der Waals surface area contributed by atoms with E-state index in [0.717, 1.165) is 89.0 Å². The zero-order valence-electron chi connectivity index (χ0n) is 24.5. The van der Waals surface area contributed by atoms with Crippen molar-refractivity contribution in [1.82, 2.24) is 29.4 Å². The highest BCUT2D eigenvalue weighted by Crippen LogP contribution is 2.39. The first-order valence-electron chi connectivity index (χ1n) is 14.8. The SMILES string of the molecule is CN1CCN(c2ccc(Nc3nccc(-c4c(-c5cccc(NC(=O)Cc6ccccc6)c5)nc5n4CCS5)n3)cn2)CC1. The van der Waals surface area contributed by atoms with Gasteiger partial charge in [-0.15, -0.1) is 0 Å². The molecular weight excluding hydrogens is 570 g/mol. The Morgan fingerprint density at radius 2 is 1.75 bits per heavy atom. The van der Waals surface area contributed by atoms with Crippen molar-refractivity contribution in [3.63, 3.8) is 0 Å². The number of amides is 1. The minimum Gasteiger partial charge on any atom is -0.354 e. The second-order valence-corrected chi connectivity index (χ2v) is 12.0. The molecule has 44 heavy (non-hydrogen) atoms. The molecule has 0 spiro atoms. The molecule has 2 aliphatic heterocycles. The smallest absolute Gasteiger partial charge is 0.228 e. The Morgan fingerprint density at radius 1 is 0.886 bits per heavy atom. The molecule has 11 heteroatoms. The first-order valence-corrected chi connectivity index (χ1v) is 15.8. The quantitative estimate of drug-likeness (QED) is 0.248. The Morgan fingerprint density at radius 3 is 2.57 bits per heavy atom. The summed E-state index contributed by atoms with van der Waals surface area (Å²) in [4.78, 5) is 36.5. The van der Waals surface area contributed by atoms with E-state index in [1.54, 1.807) is 18.0 Å². The van der Waals surface area contributed by atoms with Crippen molar-refractivity contribution < 1.29 is 4.79 Å². The molecule has 0 bridgehead atoms. The fourth-order valence-corrected chi connectivity index (χ4v) is 6.48. The number of hydrogen-bond donors (Lipinski definition) is 2. The summed E-state index contributed by atoms with van der Waals surface area (Å²) < 4.78 is 2.22. The third kappa shape index (κ3) is 6.15. The largest absolute Gasteiger partial charge is 0.354 e. The number of imidazole rings is 1. The summed E-state index contributed by atoms with van der Waals surface area (Å²) in [6.07, 6.45) is 3.92. The molecule has 10 nitrogen and oxygen atoms in total. The van der Waals surface area contributed by atoms with E-state index in [1.165, 1.54) is 0 Å². The fraction of sp³-hybridized carbons (Fsp3) is 0.242. The summed E-state index contributed by atoms with van der Waals surface area (Å²) >= 11 is 1.74. The number of pyridine rings is 1. The molecule has 7 rings (SSSR count). The summed E-state index contributed by atoms with van der Waals surface area (Å²) in [6.45, 7) is 4.87. The van der Waals surface area contributed by atoms with Gasteiger partial charge in [0.25, 0.3) is 0 Å². The van der Waals surface area contributed by atoms with Crippen molar-refractivity contribution in [2.75, 3.05) is 54.5 Å². The second kappa shape index (κ2) is 12.5. The Kier molecular flexibility index (Phi) is 7.95. The lowest BCUT2D eigenvalue weighted by atomic mass is 10.1. The van der Waals surface area contributed by atoms with Crippen LogP contribution in [0.1, 0.15) is 5.56 Å². The predicted octanol–water partition coefficient (Wildman–Crippen LogP) is 5.18. The Hall–Kier alpha value is -4.74. The zero-order chi connectivity index (χ0) is 29.9. The lowest BCUT2D eigenvalue weighted by molar-refractivity contribution is -0.115. The predicted molar refractivity (Wildman–Crippen MR) is 175 cm³/mol. The van der Waals surface area contributed by atoms with Crippen LogP contribution in [0.15, 0.2) is 90.3 Å². The number of rotatable bonds is 8. The summed E-state index contributed by atoms with van der Waals surface area (Å²) in [5.74, 6) is 2.38. The summed E-state index contributed by atoms with van der Waals surface area (Å²) in [6, 6.07) is 23.6. The normalized spacial score (nSPS) is 14.8. The number of anilines is 4. The monoisotopic (exact) mass is 603 g/mol. The molecule has 222 valence electrons. The molecule has 1 amide bonds. The van der Waals surface area contributed by atoms with Gasteiger partial charge in [0.1, 0.15) is 5.82 Å². The first-order chi connectivity index (χ1) is 21.6. The molecule has 2 N–H and O–H groups in total. The van der Waals surface area contributed by atoms with Crippen LogP contribution in [-0.4, -0.2) is 74.3 Å². The number of likely N-dealkylation sites (N-methyl/N-ethyl adjacent to an activating group) is 1. The number of carbonyl (C=O) groups is 1. The van der Waals surface area contributed by atoms with Gasteiger partial charge in [-0.05, 0) is 42.9 Å². The van der Waals surface area contributed by atoms with Crippen LogP contribution >= 0.6 is 11.8 Å². The highest BCUT2D eigenvalue weighted by atomic mass is 32.2. The van der Waals surface area contributed by atoms with Gasteiger partial charge in [0.2, 0.25) is 11.9 Å². The lowest BCUT2D eigenvalue weighted by Gasteiger charge is -2.33. The number of carbonyl (C=O) groups excluding carboxylic acids is 1. The topological polar surface area (TPSA) is 104 Å². The highest BCUT2D eigenvalue weighted by Gasteiger charge is 2.25. The average Bonchev–Trinajstić information content (AvgIpc) is 3.65. The minimum absolute atomic E-state index is 0.0611. The van der Waals surface area contributed by atoms with Crippen LogP contribution in [0.25, 0.3) is 22.6 Å². The number of fused-ring (bicyclic) bond motifs is 1. The van der Waals surface area contributed by atoms with E-state index in [-0.39, 0.29) is 5.91 Å². The first kappa shape index (κ1) is 28.1. The molecule has 3 aromatic heterocycles. The summed E-state index contributed by atoms with van der Waals surface area (Å²) in [5.41, 5.74) is 5.99. The fourth-order valence-electron chi connectivity index (χ4n) is 5.53. The van der Waals surface area contributed by atoms with Crippen LogP contribution < -0.4 is 15.5 Å². The minimum atomic E-state index is -0.0611. The number of hydrogen-bond acceptors (Lipinski definition) is 9. The van der Waals surface area contributed by atoms with Crippen molar-refractivity contribution in [1.29, 1.82) is 0 Å². The second-order valence-electron chi connectivity index (χ2n) is 11.0. The summed E-state index contributed by atoms with van der Waals surface area (Å²) in [5, 5.41) is 7.34. The molecular formula is C33H33N9OS. The van der Waals surface area contributed by atoms with Gasteiger partial charge in [-0.25, -0.2) is 19.9 Å². The molecule has 5 heterocycles. The summed E-state index contributed by atoms with van der Waals surface area (Å²) in [7, 11) is 2.15. The van der Waals surface area contributed by atoms with Crippen molar-refractivity contribution >= 4 is 40.8 Å². The van der Waals surface area contributed by atoms with Gasteiger partial charge < -0.3 is 25.0 Å². The molecule has 0 atom stereocenters. The Labute approximate surface area is 260 Å². The Balaban J connectivity index is 1.12. The van der Waals surface area contributed by atoms with Gasteiger partial charge in [-0.1, -0.05) is 54.2 Å². The van der Waals surface area contributed by atoms with E-state index in [2.05, 4.69) is 37.0 Å². The highest BCUT2D eigenvalue weighted by molar-refractivity contribution is 7.99. The molecule has 5 aromatic rings. The molecule has 1 saturated heterocycles. The van der Waals surface area contributed by atoms with Crippen molar-refractivity contribution in [2.45, 2.75) is 18.1 Å². The Bertz CT molecular complexity index is 1770. The third-order valence-electron chi connectivity index (χ3n) is 7.84. The third-order valence-corrected chi connectivity index (χ3v) is 8.79. The van der Waals surface area contributed by atoms with E-state index < -0.39 is 0 Å². The maximum Gasteiger partial charge on any atom is 0.228 e. The molecule has 2 aromatic carbocycles. The van der Waals surface area contributed by atoms with E-state index in [1.807, 2.05) is 79.0 Å². The number of benzene rings is 2. The van der Waals surface area contributed by atoms with Crippen LogP contribution in [-0.2, 0) is 17.8 Å². The van der Waals surface area contributed by atoms with Gasteiger partial charge in [0, 0.05) is 55.9 Å². The van der Waals surface area contributed by atoms with Crippen LogP contribution in [0.3, 0.4) is 0 Å². The van der Waals surface area contributed by atoms with Crippen LogP contribution in [0.4, 0.5) is 23.1 Å². The number of nitrogens with one attached hydrogen (secondary N) is 2. The van der Waals surface area contributed by atoms with E-state index in [4.69, 9.17) is 15.0 Å². The number of piperazine rings is 1. The van der Waals surface area contributed by atoms with Gasteiger partial charge >= 0.3 is 0 Å².